The molecule has 2 rings (SSSR count). The van der Waals surface area contributed by atoms with Gasteiger partial charge in [0.2, 0.25) is 0 Å². The van der Waals surface area contributed by atoms with Crippen molar-refractivity contribution in [1.82, 2.24) is 15.4 Å². The number of phenols is 1. The molecule has 1 heterocycles. The Morgan fingerprint density at radius 2 is 1.67 bits per heavy atom. The number of aliphatic hydroxyl groups is 4. The summed E-state index contributed by atoms with van der Waals surface area (Å²) in [7, 11) is 0. The van der Waals surface area contributed by atoms with Gasteiger partial charge in [0.15, 0.2) is 12.6 Å². The molecule has 0 aliphatic carbocycles. The number of aliphatic hydroxyl groups excluding tert-OH is 4. The number of aromatic nitrogens is 3. The number of hydrogen-bond acceptors (Lipinski definition) is 9. The Morgan fingerprint density at radius 1 is 1.08 bits per heavy atom. The summed E-state index contributed by atoms with van der Waals surface area (Å²) in [5.74, 6) is 0.0347. The Morgan fingerprint density at radius 3 is 2.00 bits per heavy atom. The van der Waals surface area contributed by atoms with Crippen LogP contribution in [0.1, 0.15) is 10.4 Å². The summed E-state index contributed by atoms with van der Waals surface area (Å²) in [6.45, 7) is -0.688. The van der Waals surface area contributed by atoms with E-state index in [2.05, 4.69) is 15.4 Å². The van der Waals surface area contributed by atoms with Gasteiger partial charge in [-0.1, -0.05) is 12.1 Å². The monoisotopic (exact) mass is 341 g/mol. The number of H-pyrrole nitrogens is 1. The number of nitrogens with zero attached hydrogens (tertiary/aromatic N) is 2. The Hall–Kier alpha value is -2.66. The maximum absolute atomic E-state index is 10.1. The van der Waals surface area contributed by atoms with Gasteiger partial charge in [0.05, 0.1) is 24.6 Å². The fourth-order valence-corrected chi connectivity index (χ4v) is 1.17. The molecular weight excluding hydrogens is 322 g/mol. The van der Waals surface area contributed by atoms with Gasteiger partial charge in [0.1, 0.15) is 24.1 Å². The zero-order valence-electron chi connectivity index (χ0n) is 12.5. The average molecular weight is 341 g/mol. The van der Waals surface area contributed by atoms with Crippen molar-refractivity contribution in [3.63, 3.8) is 0 Å². The molecule has 3 atom stereocenters. The summed E-state index contributed by atoms with van der Waals surface area (Å²) >= 11 is 0. The third-order valence-corrected chi connectivity index (χ3v) is 2.47. The van der Waals surface area contributed by atoms with Crippen LogP contribution in [-0.4, -0.2) is 78.4 Å². The molecule has 0 aliphatic rings. The molecule has 0 aliphatic heterocycles. The van der Waals surface area contributed by atoms with Crippen molar-refractivity contribution in [1.29, 1.82) is 0 Å². The van der Waals surface area contributed by atoms with Crippen LogP contribution in [0.25, 0.3) is 0 Å². The van der Waals surface area contributed by atoms with Gasteiger partial charge in [-0.25, -0.2) is 0 Å². The predicted octanol–water partition coefficient (Wildman–Crippen LogP) is -1.73. The smallest absolute Gasteiger partial charge is 0.153 e. The highest BCUT2D eigenvalue weighted by Crippen LogP contribution is 2.11. The highest BCUT2D eigenvalue weighted by molar-refractivity contribution is 5.78. The first kappa shape index (κ1) is 21.3. The number of nitrogens with one attached hydrogen (secondary N) is 1. The molecule has 0 amide bonds. The topological polar surface area (TPSA) is 177 Å². The minimum absolute atomic E-state index is 0.0347. The van der Waals surface area contributed by atoms with Crippen LogP contribution in [0.5, 0.6) is 5.75 Å². The third kappa shape index (κ3) is 8.70. The second-order valence-electron chi connectivity index (χ2n) is 4.20. The molecule has 24 heavy (non-hydrogen) atoms. The van der Waals surface area contributed by atoms with Crippen LogP contribution in [0.3, 0.4) is 0 Å². The summed E-state index contributed by atoms with van der Waals surface area (Å²) < 4.78 is 0. The first-order chi connectivity index (χ1) is 11.5. The van der Waals surface area contributed by atoms with Gasteiger partial charge in [-0.05, 0) is 12.1 Å². The van der Waals surface area contributed by atoms with E-state index in [1.165, 1.54) is 6.07 Å². The molecule has 1 aromatic carbocycles. The van der Waals surface area contributed by atoms with Crippen LogP contribution in [-0.2, 0) is 4.79 Å². The Balaban J connectivity index is 0.000000346. The van der Waals surface area contributed by atoms with Crippen molar-refractivity contribution in [2.24, 2.45) is 0 Å². The fraction of sp³-hybridized carbons (Fsp3) is 0.286. The van der Waals surface area contributed by atoms with E-state index >= 15 is 0 Å². The van der Waals surface area contributed by atoms with E-state index in [0.717, 1.165) is 0 Å². The number of rotatable bonds is 5. The lowest BCUT2D eigenvalue weighted by atomic mass is 10.1. The van der Waals surface area contributed by atoms with E-state index < -0.39 is 24.9 Å². The number of carbonyl (C=O) groups excluding carboxylic acids is 2. The molecular formula is C14H19N3O7. The van der Waals surface area contributed by atoms with E-state index in [0.29, 0.717) is 11.8 Å². The zero-order valence-corrected chi connectivity index (χ0v) is 12.5. The number of carbonyl (C=O) groups is 2. The fourth-order valence-electron chi connectivity index (χ4n) is 1.17. The van der Waals surface area contributed by atoms with Crippen LogP contribution in [0.15, 0.2) is 36.7 Å². The molecule has 10 nitrogen and oxygen atoms in total. The lowest BCUT2D eigenvalue weighted by Gasteiger charge is -2.16. The molecule has 0 fully saturated rings. The third-order valence-electron chi connectivity index (χ3n) is 2.47. The molecule has 0 saturated heterocycles. The standard InChI is InChI=1S/C7H6O2.C5H10O5.C2H3N3/c8-5-6-3-1-2-4-7(6)9;6-1-3(8)5(10)4(9)2-7;1-2-4-5-3-1/h1-5,9H;1,3-5,7-10H,2H2;1-2H,(H,3,4,5). The summed E-state index contributed by atoms with van der Waals surface area (Å²) in [5.41, 5.74) is 0.331. The van der Waals surface area contributed by atoms with Crippen molar-refractivity contribution in [3.05, 3.63) is 42.2 Å². The van der Waals surface area contributed by atoms with Gasteiger partial charge in [0.25, 0.3) is 0 Å². The molecule has 132 valence electrons. The Labute approximate surface area is 137 Å². The number of benzene rings is 1. The van der Waals surface area contributed by atoms with E-state index in [1.54, 1.807) is 30.6 Å². The maximum atomic E-state index is 10.1. The maximum Gasteiger partial charge on any atom is 0.153 e. The molecule has 3 unspecified atom stereocenters. The molecule has 2 aromatic rings. The summed E-state index contributed by atoms with van der Waals surface area (Å²) in [6, 6.07) is 6.40. The largest absolute Gasteiger partial charge is 0.507 e. The summed E-state index contributed by atoms with van der Waals surface area (Å²) in [6.07, 6.45) is -0.844. The van der Waals surface area contributed by atoms with Crippen molar-refractivity contribution < 1.29 is 35.1 Å². The lowest BCUT2D eigenvalue weighted by molar-refractivity contribution is -0.127. The van der Waals surface area contributed by atoms with E-state index in [1.807, 2.05) is 0 Å². The summed E-state index contributed by atoms with van der Waals surface area (Å²) in [4.78, 5) is 19.8. The Kier molecular flexibility index (Phi) is 11.4. The molecule has 0 bridgehead atoms. The highest BCUT2D eigenvalue weighted by atomic mass is 16.4. The average Bonchev–Trinajstić information content (AvgIpc) is 3.20. The first-order valence-corrected chi connectivity index (χ1v) is 6.61. The minimum Gasteiger partial charge on any atom is -0.507 e. The lowest BCUT2D eigenvalue weighted by Crippen LogP contribution is -2.40. The predicted molar refractivity (Wildman–Crippen MR) is 81.0 cm³/mol. The zero-order chi connectivity index (χ0) is 18.4. The second kappa shape index (κ2) is 12.8. The van der Waals surface area contributed by atoms with Crippen molar-refractivity contribution >= 4 is 12.6 Å². The molecule has 0 radical (unpaired) electrons. The number of aldehydes is 2. The Bertz CT molecular complexity index is 548. The van der Waals surface area contributed by atoms with E-state index in [-0.39, 0.29) is 12.0 Å². The highest BCUT2D eigenvalue weighted by Gasteiger charge is 2.22. The van der Waals surface area contributed by atoms with Gasteiger partial charge < -0.3 is 30.3 Å². The van der Waals surface area contributed by atoms with Gasteiger partial charge in [0, 0.05) is 0 Å². The van der Waals surface area contributed by atoms with Crippen LogP contribution in [0.2, 0.25) is 0 Å². The quantitative estimate of drug-likeness (QED) is 0.345. The number of phenolic OH excluding ortho intramolecular Hbond substituents is 1. The van der Waals surface area contributed by atoms with Crippen LogP contribution >= 0.6 is 0 Å². The van der Waals surface area contributed by atoms with Crippen LogP contribution < -0.4 is 0 Å². The number of hydrogen-bond donors (Lipinski definition) is 6. The van der Waals surface area contributed by atoms with Crippen molar-refractivity contribution in [3.8, 4) is 5.75 Å². The normalized spacial score (nSPS) is 13.2. The number of para-hydroxylation sites is 1. The van der Waals surface area contributed by atoms with Gasteiger partial charge in [-0.2, -0.15) is 15.4 Å². The van der Waals surface area contributed by atoms with Crippen LogP contribution in [0, 0.1) is 0 Å². The molecule has 6 N–H and O–H groups in total. The summed E-state index contributed by atoms with van der Waals surface area (Å²) in [5, 5.41) is 52.3. The van der Waals surface area contributed by atoms with Gasteiger partial charge in [-0.15, -0.1) is 0 Å². The molecule has 0 spiro atoms. The molecule has 10 heteroatoms. The number of aromatic hydroxyl groups is 1. The van der Waals surface area contributed by atoms with Gasteiger partial charge >= 0.3 is 0 Å². The van der Waals surface area contributed by atoms with E-state index in [9.17, 15) is 9.59 Å². The molecule has 0 saturated carbocycles. The minimum atomic E-state index is -1.64. The van der Waals surface area contributed by atoms with Crippen molar-refractivity contribution in [2.45, 2.75) is 18.3 Å². The van der Waals surface area contributed by atoms with Crippen LogP contribution in [0.4, 0.5) is 0 Å². The van der Waals surface area contributed by atoms with Crippen molar-refractivity contribution in [2.75, 3.05) is 6.61 Å². The SMILES string of the molecule is O=CC(O)C(O)C(O)CO.O=Cc1ccccc1O.c1cn[nH]n1. The second-order valence-corrected chi connectivity index (χ2v) is 4.20. The first-order valence-electron chi connectivity index (χ1n) is 6.61. The van der Waals surface area contributed by atoms with E-state index in [4.69, 9.17) is 25.5 Å². The molecule has 1 aromatic heterocycles. The number of aromatic amines is 1. The van der Waals surface area contributed by atoms with Gasteiger partial charge in [-0.3, -0.25) is 4.79 Å².